The number of rotatable bonds is 3. The second kappa shape index (κ2) is 5.48. The van der Waals surface area contributed by atoms with Crippen molar-refractivity contribution in [3.05, 3.63) is 46.2 Å². The summed E-state index contributed by atoms with van der Waals surface area (Å²) in [5.41, 5.74) is 8.12. The molecule has 0 saturated heterocycles. The lowest BCUT2D eigenvalue weighted by molar-refractivity contribution is 0.416. The van der Waals surface area contributed by atoms with E-state index in [2.05, 4.69) is 21.2 Å². The topological polar surface area (TPSA) is 47.3 Å². The lowest BCUT2D eigenvalue weighted by atomic mass is 10.2. The Bertz CT molecular complexity index is 617. The Morgan fingerprint density at radius 1 is 1.21 bits per heavy atom. The summed E-state index contributed by atoms with van der Waals surface area (Å²) >= 11 is 3.44. The molecule has 0 aliphatic rings. The van der Waals surface area contributed by atoms with Crippen molar-refractivity contribution in [1.29, 1.82) is 0 Å². The summed E-state index contributed by atoms with van der Waals surface area (Å²) in [6.07, 6.45) is 0. The van der Waals surface area contributed by atoms with Gasteiger partial charge >= 0.3 is 0 Å². The zero-order chi connectivity index (χ0) is 14.0. The number of aryl methyl sites for hydroxylation is 1. The maximum atomic E-state index is 13.9. The molecule has 3 N–H and O–H groups in total. The van der Waals surface area contributed by atoms with E-state index < -0.39 is 5.82 Å². The van der Waals surface area contributed by atoms with E-state index in [0.29, 0.717) is 11.4 Å². The molecule has 0 spiro atoms. The highest BCUT2D eigenvalue weighted by atomic mass is 79.9. The largest absolute Gasteiger partial charge is 0.495 e. The van der Waals surface area contributed by atoms with Crippen LogP contribution < -0.4 is 15.8 Å². The van der Waals surface area contributed by atoms with Crippen LogP contribution in [0, 0.1) is 12.7 Å². The van der Waals surface area contributed by atoms with Gasteiger partial charge in [0.2, 0.25) is 0 Å². The summed E-state index contributed by atoms with van der Waals surface area (Å²) in [6.45, 7) is 1.99. The fraction of sp³-hybridized carbons (Fsp3) is 0.143. The molecule has 2 aromatic carbocycles. The SMILES string of the molecule is COc1cc(Nc2ccc(C)cc2Br)c(F)cc1N. The minimum Gasteiger partial charge on any atom is -0.495 e. The number of anilines is 3. The van der Waals surface area contributed by atoms with E-state index in [-0.39, 0.29) is 5.69 Å². The Hall–Kier alpha value is -1.75. The molecular formula is C14H14BrFN2O. The van der Waals surface area contributed by atoms with Gasteiger partial charge in [0.15, 0.2) is 0 Å². The minimum atomic E-state index is -0.425. The van der Waals surface area contributed by atoms with Crippen molar-refractivity contribution in [2.75, 3.05) is 18.2 Å². The highest BCUT2D eigenvalue weighted by molar-refractivity contribution is 9.10. The minimum absolute atomic E-state index is 0.272. The van der Waals surface area contributed by atoms with Crippen LogP contribution in [0.4, 0.5) is 21.5 Å². The van der Waals surface area contributed by atoms with Crippen LogP contribution in [0.5, 0.6) is 5.75 Å². The molecule has 0 heterocycles. The molecule has 0 unspecified atom stereocenters. The Kier molecular flexibility index (Phi) is 3.95. The molecule has 0 atom stereocenters. The Morgan fingerprint density at radius 3 is 2.58 bits per heavy atom. The molecule has 0 bridgehead atoms. The van der Waals surface area contributed by atoms with Gasteiger partial charge in [-0.05, 0) is 40.5 Å². The molecule has 100 valence electrons. The van der Waals surface area contributed by atoms with Crippen LogP contribution in [0.2, 0.25) is 0 Å². The first kappa shape index (κ1) is 13.7. The fourth-order valence-electron chi connectivity index (χ4n) is 1.71. The third-order valence-corrected chi connectivity index (χ3v) is 3.37. The summed E-state index contributed by atoms with van der Waals surface area (Å²) in [5, 5.41) is 3.01. The number of benzene rings is 2. The van der Waals surface area contributed by atoms with Crippen LogP contribution in [0.15, 0.2) is 34.8 Å². The maximum absolute atomic E-state index is 13.9. The third kappa shape index (κ3) is 2.98. The molecule has 0 aliphatic carbocycles. The van der Waals surface area contributed by atoms with Crippen molar-refractivity contribution in [2.24, 2.45) is 0 Å². The van der Waals surface area contributed by atoms with Crippen LogP contribution in [0.1, 0.15) is 5.56 Å². The summed E-state index contributed by atoms with van der Waals surface area (Å²) in [7, 11) is 1.50. The van der Waals surface area contributed by atoms with E-state index in [1.54, 1.807) is 0 Å². The van der Waals surface area contributed by atoms with Crippen LogP contribution in [0.3, 0.4) is 0 Å². The Morgan fingerprint density at radius 2 is 1.95 bits per heavy atom. The molecule has 0 aliphatic heterocycles. The lowest BCUT2D eigenvalue weighted by Gasteiger charge is -2.13. The van der Waals surface area contributed by atoms with Crippen molar-refractivity contribution in [3.8, 4) is 5.75 Å². The average molecular weight is 325 g/mol. The first-order chi connectivity index (χ1) is 9.01. The second-order valence-corrected chi connectivity index (χ2v) is 5.04. The fourth-order valence-corrected chi connectivity index (χ4v) is 2.30. The lowest BCUT2D eigenvalue weighted by Crippen LogP contribution is -1.99. The van der Waals surface area contributed by atoms with Crippen molar-refractivity contribution < 1.29 is 9.13 Å². The van der Waals surface area contributed by atoms with E-state index in [1.807, 2.05) is 25.1 Å². The molecule has 0 fully saturated rings. The first-order valence-electron chi connectivity index (χ1n) is 5.67. The number of nitrogens with two attached hydrogens (primary N) is 1. The molecule has 0 radical (unpaired) electrons. The molecular weight excluding hydrogens is 311 g/mol. The highest BCUT2D eigenvalue weighted by Gasteiger charge is 2.10. The number of nitrogens with one attached hydrogen (secondary N) is 1. The van der Waals surface area contributed by atoms with E-state index in [1.165, 1.54) is 19.2 Å². The Balaban J connectivity index is 2.37. The van der Waals surface area contributed by atoms with E-state index in [4.69, 9.17) is 10.5 Å². The quantitative estimate of drug-likeness (QED) is 0.830. The molecule has 2 rings (SSSR count). The predicted octanol–water partition coefficient (Wildman–Crippen LogP) is 4.23. The van der Waals surface area contributed by atoms with Crippen LogP contribution in [-0.2, 0) is 0 Å². The summed E-state index contributed by atoms with van der Waals surface area (Å²) in [6, 6.07) is 8.55. The first-order valence-corrected chi connectivity index (χ1v) is 6.46. The number of methoxy groups -OCH3 is 1. The van der Waals surface area contributed by atoms with E-state index >= 15 is 0 Å². The average Bonchev–Trinajstić information content (AvgIpc) is 2.35. The van der Waals surface area contributed by atoms with Crippen molar-refractivity contribution in [3.63, 3.8) is 0 Å². The summed E-state index contributed by atoms with van der Waals surface area (Å²) in [4.78, 5) is 0. The number of halogens is 2. The molecule has 2 aromatic rings. The molecule has 0 saturated carbocycles. The van der Waals surface area contributed by atoms with Crippen molar-refractivity contribution in [2.45, 2.75) is 6.92 Å². The van der Waals surface area contributed by atoms with Gasteiger partial charge in [0.25, 0.3) is 0 Å². The van der Waals surface area contributed by atoms with Gasteiger partial charge in [-0.3, -0.25) is 0 Å². The number of hydrogen-bond acceptors (Lipinski definition) is 3. The normalized spacial score (nSPS) is 10.3. The number of nitrogen functional groups attached to an aromatic ring is 1. The number of hydrogen-bond donors (Lipinski definition) is 2. The van der Waals surface area contributed by atoms with Gasteiger partial charge < -0.3 is 15.8 Å². The summed E-state index contributed by atoms with van der Waals surface area (Å²) in [5.74, 6) is 0.0120. The monoisotopic (exact) mass is 324 g/mol. The number of ether oxygens (including phenoxy) is 1. The Labute approximate surface area is 119 Å². The van der Waals surface area contributed by atoms with Crippen LogP contribution in [0.25, 0.3) is 0 Å². The smallest absolute Gasteiger partial charge is 0.148 e. The standard InChI is InChI=1S/C14H14BrFN2O/c1-8-3-4-12(9(15)5-8)18-13-7-14(19-2)11(17)6-10(13)16/h3-7,18H,17H2,1-2H3. The van der Waals surface area contributed by atoms with Gasteiger partial charge in [0.1, 0.15) is 11.6 Å². The third-order valence-electron chi connectivity index (χ3n) is 2.71. The van der Waals surface area contributed by atoms with Crippen LogP contribution >= 0.6 is 15.9 Å². The predicted molar refractivity (Wildman–Crippen MR) is 79.5 cm³/mol. The van der Waals surface area contributed by atoms with Crippen LogP contribution in [-0.4, -0.2) is 7.11 Å². The van der Waals surface area contributed by atoms with Gasteiger partial charge in [-0.15, -0.1) is 0 Å². The summed E-state index contributed by atoms with van der Waals surface area (Å²) < 4.78 is 19.8. The van der Waals surface area contributed by atoms with Crippen molar-refractivity contribution >= 4 is 33.0 Å². The zero-order valence-corrected chi connectivity index (χ0v) is 12.2. The molecule has 19 heavy (non-hydrogen) atoms. The molecule has 0 aromatic heterocycles. The zero-order valence-electron chi connectivity index (χ0n) is 10.6. The van der Waals surface area contributed by atoms with Gasteiger partial charge in [-0.1, -0.05) is 6.07 Å². The second-order valence-electron chi connectivity index (χ2n) is 4.18. The molecule has 5 heteroatoms. The maximum Gasteiger partial charge on any atom is 0.148 e. The van der Waals surface area contributed by atoms with Gasteiger partial charge in [-0.25, -0.2) is 4.39 Å². The molecule has 3 nitrogen and oxygen atoms in total. The van der Waals surface area contributed by atoms with Gasteiger partial charge in [-0.2, -0.15) is 0 Å². The van der Waals surface area contributed by atoms with E-state index in [9.17, 15) is 4.39 Å². The highest BCUT2D eigenvalue weighted by Crippen LogP contribution is 2.32. The van der Waals surface area contributed by atoms with Gasteiger partial charge in [0.05, 0.1) is 24.2 Å². The molecule has 0 amide bonds. The van der Waals surface area contributed by atoms with E-state index in [0.717, 1.165) is 15.7 Å². The van der Waals surface area contributed by atoms with Gasteiger partial charge in [0, 0.05) is 16.6 Å². The van der Waals surface area contributed by atoms with Crippen molar-refractivity contribution in [1.82, 2.24) is 0 Å².